The molecule has 93 valence electrons. The van der Waals surface area contributed by atoms with E-state index in [9.17, 15) is 9.59 Å². The zero-order valence-corrected chi connectivity index (χ0v) is 14.8. The number of rotatable bonds is 1. The van der Waals surface area contributed by atoms with Gasteiger partial charge in [0.1, 0.15) is 5.43 Å². The molecule has 18 heavy (non-hydrogen) atoms. The van der Waals surface area contributed by atoms with Crippen molar-refractivity contribution >= 4 is 27.6 Å². The molecule has 0 unspecified atom stereocenters. The average Bonchev–Trinajstić information content (AvgIpc) is 2.63. The Hall–Kier alpha value is -0.495. The topological polar surface area (TPSA) is 74.8 Å². The molecule has 0 spiro atoms. The molecule has 2 N–H and O–H groups in total. The monoisotopic (exact) mass is 389 g/mol. The summed E-state index contributed by atoms with van der Waals surface area (Å²) in [6, 6.07) is 0. The van der Waals surface area contributed by atoms with Gasteiger partial charge in [0.25, 0.3) is 5.91 Å². The normalized spacial score (nSPS) is 11.1. The molecule has 0 aliphatic heterocycles. The Bertz CT molecular complexity index is 627. The zero-order valence-electron chi connectivity index (χ0n) is 10.3. The first kappa shape index (κ1) is 15.6. The standard InChI is InChI=1S/C11H12N3O2S.La/c1-11(2,3)14-10(16)6-4-12-9-8(7(6)15)17-5-13-9;/h4H,1-3H3,(H,12,15)(H,14,16);/q-1;. The van der Waals surface area contributed by atoms with Crippen molar-refractivity contribution in [1.29, 1.82) is 0 Å². The number of fused-ring (bicyclic) bond motifs is 1. The summed E-state index contributed by atoms with van der Waals surface area (Å²) in [6.45, 7) is 5.58. The fraction of sp³-hybridized carbons (Fsp3) is 0.364. The van der Waals surface area contributed by atoms with Crippen LogP contribution in [0, 0.1) is 41.1 Å². The third-order valence-corrected chi connectivity index (χ3v) is 2.82. The molecule has 2 aromatic heterocycles. The third-order valence-electron chi connectivity index (χ3n) is 2.06. The van der Waals surface area contributed by atoms with Crippen LogP contribution in [0.3, 0.4) is 0 Å². The van der Waals surface area contributed by atoms with E-state index in [1.54, 1.807) is 0 Å². The number of aromatic amines is 1. The van der Waals surface area contributed by atoms with Crippen molar-refractivity contribution in [3.8, 4) is 0 Å². The van der Waals surface area contributed by atoms with Gasteiger partial charge in [-0.3, -0.25) is 16.1 Å². The van der Waals surface area contributed by atoms with E-state index in [0.29, 0.717) is 10.3 Å². The molecular formula is C11H12LaN3O2S-. The van der Waals surface area contributed by atoms with Crippen LogP contribution in [0.2, 0.25) is 0 Å². The minimum absolute atomic E-state index is 0. The molecule has 0 aliphatic carbocycles. The second kappa shape index (κ2) is 5.65. The van der Waals surface area contributed by atoms with Crippen molar-refractivity contribution in [2.45, 2.75) is 26.3 Å². The molecule has 1 radical (unpaired) electrons. The number of aromatic nitrogens is 2. The molecule has 0 aliphatic rings. The molecule has 0 saturated carbocycles. The number of nitrogens with zero attached hydrogens (tertiary/aromatic N) is 1. The van der Waals surface area contributed by atoms with E-state index in [-0.39, 0.29) is 58.0 Å². The minimum Gasteiger partial charge on any atom is -0.407 e. The molecule has 0 saturated heterocycles. The number of amides is 1. The largest absolute Gasteiger partial charge is 0.407 e. The Balaban J connectivity index is 0.00000162. The summed E-state index contributed by atoms with van der Waals surface area (Å²) in [4.78, 5) is 30.6. The number of carbonyl (C=O) groups is 1. The molecule has 0 fully saturated rings. The average molecular weight is 389 g/mol. The molecule has 0 atom stereocenters. The summed E-state index contributed by atoms with van der Waals surface area (Å²) in [6.07, 6.45) is 1.39. The fourth-order valence-electron chi connectivity index (χ4n) is 1.37. The summed E-state index contributed by atoms with van der Waals surface area (Å²) in [7, 11) is 0. The van der Waals surface area contributed by atoms with Gasteiger partial charge < -0.3 is 20.1 Å². The maximum Gasteiger partial charge on any atom is 0.255 e. The maximum atomic E-state index is 12.0. The molecule has 7 heteroatoms. The number of hydrogen-bond donors (Lipinski definition) is 2. The molecular weight excluding hydrogens is 377 g/mol. The Morgan fingerprint density at radius 3 is 2.78 bits per heavy atom. The van der Waals surface area contributed by atoms with Gasteiger partial charge in [0.05, 0.1) is 5.56 Å². The summed E-state index contributed by atoms with van der Waals surface area (Å²) >= 11 is 1.10. The van der Waals surface area contributed by atoms with Gasteiger partial charge in [-0.2, -0.15) is 0 Å². The van der Waals surface area contributed by atoms with Gasteiger partial charge >= 0.3 is 0 Å². The van der Waals surface area contributed by atoms with Crippen LogP contribution in [0.15, 0.2) is 11.0 Å². The Labute approximate surface area is 136 Å². The van der Waals surface area contributed by atoms with Gasteiger partial charge in [-0.05, 0) is 36.6 Å². The smallest absolute Gasteiger partial charge is 0.255 e. The van der Waals surface area contributed by atoms with Gasteiger partial charge in [0.15, 0.2) is 0 Å². The second-order valence-corrected chi connectivity index (χ2v) is 5.51. The first-order chi connectivity index (χ1) is 7.88. The number of thiazole rings is 1. The Morgan fingerprint density at radius 2 is 2.17 bits per heavy atom. The van der Waals surface area contributed by atoms with Gasteiger partial charge in [0.2, 0.25) is 0 Å². The summed E-state index contributed by atoms with van der Waals surface area (Å²) in [5.41, 5.74) is 2.51. The van der Waals surface area contributed by atoms with Gasteiger partial charge in [-0.1, -0.05) is 0 Å². The number of H-pyrrole nitrogens is 1. The van der Waals surface area contributed by atoms with Crippen molar-refractivity contribution in [2.75, 3.05) is 0 Å². The van der Waals surface area contributed by atoms with Crippen LogP contribution in [-0.2, 0) is 0 Å². The van der Waals surface area contributed by atoms with Crippen LogP contribution in [0.1, 0.15) is 31.1 Å². The summed E-state index contributed by atoms with van der Waals surface area (Å²) in [5.74, 6) is -0.381. The van der Waals surface area contributed by atoms with Crippen molar-refractivity contribution in [1.82, 2.24) is 15.3 Å². The van der Waals surface area contributed by atoms with E-state index in [1.807, 2.05) is 20.8 Å². The van der Waals surface area contributed by atoms with Gasteiger partial charge in [-0.15, -0.1) is 0 Å². The van der Waals surface area contributed by atoms with E-state index in [4.69, 9.17) is 0 Å². The van der Waals surface area contributed by atoms with E-state index in [0.717, 1.165) is 11.3 Å². The van der Waals surface area contributed by atoms with Crippen LogP contribution in [-0.4, -0.2) is 21.4 Å². The first-order valence-corrected chi connectivity index (χ1v) is 5.91. The zero-order chi connectivity index (χ0) is 12.6. The van der Waals surface area contributed by atoms with Crippen molar-refractivity contribution in [3.05, 3.63) is 27.5 Å². The molecule has 1 amide bonds. The first-order valence-electron chi connectivity index (χ1n) is 5.09. The fourth-order valence-corrected chi connectivity index (χ4v) is 2.00. The SMILES string of the molecule is CC(C)(C)NC(=O)c1c[nH]c2n[c-]sc2c1=O.[La]. The summed E-state index contributed by atoms with van der Waals surface area (Å²) < 4.78 is 0.423. The van der Waals surface area contributed by atoms with Crippen molar-refractivity contribution < 1.29 is 40.4 Å². The predicted molar refractivity (Wildman–Crippen MR) is 66.3 cm³/mol. The summed E-state index contributed by atoms with van der Waals surface area (Å²) in [5, 5.41) is 2.75. The van der Waals surface area contributed by atoms with Crippen LogP contribution >= 0.6 is 11.3 Å². The Kier molecular flexibility index (Phi) is 4.88. The van der Waals surface area contributed by atoms with E-state index >= 15 is 0 Å². The molecule has 5 nitrogen and oxygen atoms in total. The van der Waals surface area contributed by atoms with E-state index < -0.39 is 0 Å². The molecule has 2 heterocycles. The predicted octanol–water partition coefficient (Wildman–Crippen LogP) is 1.31. The van der Waals surface area contributed by atoms with Gasteiger partial charge in [0, 0.05) is 47.3 Å². The number of nitrogens with one attached hydrogen (secondary N) is 2. The number of carbonyl (C=O) groups excluding carboxylic acids is 1. The van der Waals surface area contributed by atoms with Crippen LogP contribution < -0.4 is 10.7 Å². The molecule has 2 aromatic rings. The van der Waals surface area contributed by atoms with Crippen molar-refractivity contribution in [2.24, 2.45) is 0 Å². The molecule has 0 bridgehead atoms. The second-order valence-electron chi connectivity index (χ2n) is 4.72. The van der Waals surface area contributed by atoms with Gasteiger partial charge in [-0.25, -0.2) is 0 Å². The van der Waals surface area contributed by atoms with E-state index in [1.165, 1.54) is 6.20 Å². The molecule has 2 rings (SSSR count). The van der Waals surface area contributed by atoms with Crippen LogP contribution in [0.5, 0.6) is 0 Å². The maximum absolute atomic E-state index is 12.0. The van der Waals surface area contributed by atoms with Crippen LogP contribution in [0.25, 0.3) is 10.3 Å². The van der Waals surface area contributed by atoms with Crippen molar-refractivity contribution in [3.63, 3.8) is 0 Å². The third kappa shape index (κ3) is 3.29. The molecule has 0 aromatic carbocycles. The van der Waals surface area contributed by atoms with E-state index in [2.05, 4.69) is 20.8 Å². The number of pyridine rings is 1. The van der Waals surface area contributed by atoms with Crippen LogP contribution in [0.4, 0.5) is 0 Å². The minimum atomic E-state index is -0.381. The number of hydrogen-bond acceptors (Lipinski definition) is 4. The Morgan fingerprint density at radius 1 is 1.50 bits per heavy atom. The quantitative estimate of drug-likeness (QED) is 0.723.